The molecule has 0 amide bonds. The molecular formula is C14H12FIN4O. The van der Waals surface area contributed by atoms with Crippen molar-refractivity contribution in [1.82, 2.24) is 15.0 Å². The Bertz CT molecular complexity index is 759. The lowest BCUT2D eigenvalue weighted by Gasteiger charge is -2.17. The monoisotopic (exact) mass is 398 g/mol. The Labute approximate surface area is 133 Å². The van der Waals surface area contributed by atoms with Gasteiger partial charge in [-0.05, 0) is 46.4 Å². The minimum atomic E-state index is -0.365. The molecule has 1 aromatic carbocycles. The van der Waals surface area contributed by atoms with E-state index in [2.05, 4.69) is 42.9 Å². The molecule has 1 atom stereocenters. The molecule has 0 bridgehead atoms. The van der Waals surface area contributed by atoms with Crippen molar-refractivity contribution in [2.75, 3.05) is 11.9 Å². The Balaban J connectivity index is 1.93. The molecule has 108 valence electrons. The van der Waals surface area contributed by atoms with Crippen molar-refractivity contribution in [2.45, 2.75) is 6.04 Å². The number of hydrogen-bond donors (Lipinski definition) is 3. The van der Waals surface area contributed by atoms with Gasteiger partial charge in [-0.25, -0.2) is 14.4 Å². The third kappa shape index (κ3) is 2.98. The van der Waals surface area contributed by atoms with Crippen LogP contribution >= 0.6 is 22.6 Å². The van der Waals surface area contributed by atoms with E-state index >= 15 is 0 Å². The number of aliphatic hydroxyl groups is 1. The second-order valence-electron chi connectivity index (χ2n) is 4.53. The summed E-state index contributed by atoms with van der Waals surface area (Å²) in [6.45, 7) is -0.126. The highest BCUT2D eigenvalue weighted by Gasteiger charge is 2.14. The molecular weight excluding hydrogens is 386 g/mol. The SMILES string of the molecule is OC[C@@H](Nc1ncnc2[nH]c(I)cc12)c1ccc(F)cc1. The lowest BCUT2D eigenvalue weighted by Crippen LogP contribution is -2.15. The predicted molar refractivity (Wildman–Crippen MR) is 86.5 cm³/mol. The quantitative estimate of drug-likeness (QED) is 0.591. The van der Waals surface area contributed by atoms with E-state index in [1.54, 1.807) is 12.1 Å². The minimum Gasteiger partial charge on any atom is -0.394 e. The zero-order chi connectivity index (χ0) is 14.8. The second kappa shape index (κ2) is 5.94. The fraction of sp³-hybridized carbons (Fsp3) is 0.143. The number of aromatic nitrogens is 3. The molecule has 7 heteroatoms. The van der Waals surface area contributed by atoms with Crippen LogP contribution in [0.25, 0.3) is 11.0 Å². The summed E-state index contributed by atoms with van der Waals surface area (Å²) >= 11 is 2.17. The first-order valence-corrected chi connectivity index (χ1v) is 7.37. The van der Waals surface area contributed by atoms with Gasteiger partial charge in [-0.15, -0.1) is 0 Å². The van der Waals surface area contributed by atoms with Crippen LogP contribution in [0.1, 0.15) is 11.6 Å². The summed E-state index contributed by atoms with van der Waals surface area (Å²) < 4.78 is 13.9. The van der Waals surface area contributed by atoms with Gasteiger partial charge in [-0.2, -0.15) is 0 Å². The summed E-state index contributed by atoms with van der Waals surface area (Å²) in [6, 6.07) is 7.59. The molecule has 0 aliphatic heterocycles. The molecule has 0 unspecified atom stereocenters. The van der Waals surface area contributed by atoms with Crippen molar-refractivity contribution >= 4 is 39.4 Å². The molecule has 2 aromatic heterocycles. The molecule has 0 fully saturated rings. The summed E-state index contributed by atoms with van der Waals surface area (Å²) in [6.07, 6.45) is 1.45. The van der Waals surface area contributed by atoms with Crippen molar-refractivity contribution in [2.24, 2.45) is 0 Å². The number of nitrogens with one attached hydrogen (secondary N) is 2. The van der Waals surface area contributed by atoms with Crippen LogP contribution in [0.4, 0.5) is 10.2 Å². The van der Waals surface area contributed by atoms with Crippen LogP contribution in [0.5, 0.6) is 0 Å². The first-order chi connectivity index (χ1) is 10.2. The van der Waals surface area contributed by atoms with Gasteiger partial charge >= 0.3 is 0 Å². The van der Waals surface area contributed by atoms with Gasteiger partial charge in [0.15, 0.2) is 0 Å². The van der Waals surface area contributed by atoms with E-state index in [0.29, 0.717) is 5.82 Å². The van der Waals surface area contributed by atoms with Crippen LogP contribution in [-0.2, 0) is 0 Å². The Morgan fingerprint density at radius 1 is 1.29 bits per heavy atom. The topological polar surface area (TPSA) is 73.8 Å². The van der Waals surface area contributed by atoms with Gasteiger partial charge < -0.3 is 15.4 Å². The average molecular weight is 398 g/mol. The van der Waals surface area contributed by atoms with Crippen molar-refractivity contribution in [3.8, 4) is 0 Å². The summed E-state index contributed by atoms with van der Waals surface area (Å²) in [5.74, 6) is 0.322. The second-order valence-corrected chi connectivity index (χ2v) is 5.70. The van der Waals surface area contributed by atoms with Crippen LogP contribution in [-0.4, -0.2) is 26.7 Å². The highest BCUT2D eigenvalue weighted by Crippen LogP contribution is 2.25. The van der Waals surface area contributed by atoms with Crippen molar-refractivity contribution in [1.29, 1.82) is 0 Å². The molecule has 0 aliphatic carbocycles. The molecule has 0 radical (unpaired) electrons. The third-order valence-electron chi connectivity index (χ3n) is 3.16. The number of fused-ring (bicyclic) bond motifs is 1. The zero-order valence-corrected chi connectivity index (χ0v) is 13.0. The van der Waals surface area contributed by atoms with Crippen LogP contribution in [0.15, 0.2) is 36.7 Å². The van der Waals surface area contributed by atoms with Crippen LogP contribution < -0.4 is 5.32 Å². The maximum absolute atomic E-state index is 13.0. The molecule has 0 saturated carbocycles. The first kappa shape index (κ1) is 14.2. The minimum absolute atomic E-state index is 0.126. The van der Waals surface area contributed by atoms with E-state index < -0.39 is 0 Å². The van der Waals surface area contributed by atoms with E-state index in [0.717, 1.165) is 20.3 Å². The van der Waals surface area contributed by atoms with E-state index in [-0.39, 0.29) is 18.5 Å². The number of halogens is 2. The lowest BCUT2D eigenvalue weighted by atomic mass is 10.1. The molecule has 0 aliphatic rings. The molecule has 2 heterocycles. The number of anilines is 1. The first-order valence-electron chi connectivity index (χ1n) is 6.29. The number of hydrogen-bond acceptors (Lipinski definition) is 4. The van der Waals surface area contributed by atoms with Crippen molar-refractivity contribution < 1.29 is 9.50 Å². The molecule has 0 saturated heterocycles. The summed E-state index contributed by atoms with van der Waals surface area (Å²) in [5, 5.41) is 13.6. The van der Waals surface area contributed by atoms with Gasteiger partial charge in [0.2, 0.25) is 0 Å². The molecule has 21 heavy (non-hydrogen) atoms. The number of H-pyrrole nitrogens is 1. The highest BCUT2D eigenvalue weighted by atomic mass is 127. The predicted octanol–water partition coefficient (Wildman–Crippen LogP) is 2.85. The Morgan fingerprint density at radius 2 is 2.05 bits per heavy atom. The maximum Gasteiger partial charge on any atom is 0.143 e. The highest BCUT2D eigenvalue weighted by molar-refractivity contribution is 14.1. The zero-order valence-electron chi connectivity index (χ0n) is 10.8. The van der Waals surface area contributed by atoms with E-state index in [1.807, 2.05) is 6.07 Å². The van der Waals surface area contributed by atoms with Gasteiger partial charge in [0.25, 0.3) is 0 Å². The number of aromatic amines is 1. The third-order valence-corrected chi connectivity index (χ3v) is 3.74. The number of rotatable bonds is 4. The van der Waals surface area contributed by atoms with Crippen molar-refractivity contribution in [3.63, 3.8) is 0 Å². The van der Waals surface area contributed by atoms with Gasteiger partial charge in [-0.3, -0.25) is 0 Å². The maximum atomic E-state index is 13.0. The van der Waals surface area contributed by atoms with E-state index in [4.69, 9.17) is 0 Å². The number of aliphatic hydroxyl groups excluding tert-OH is 1. The normalized spacial score (nSPS) is 12.5. The molecule has 3 rings (SSSR count). The van der Waals surface area contributed by atoms with Gasteiger partial charge in [0, 0.05) is 0 Å². The van der Waals surface area contributed by atoms with E-state index in [9.17, 15) is 9.50 Å². The fourth-order valence-electron chi connectivity index (χ4n) is 2.12. The van der Waals surface area contributed by atoms with Gasteiger partial charge in [-0.1, -0.05) is 12.1 Å². The van der Waals surface area contributed by atoms with Crippen LogP contribution in [0, 0.1) is 9.52 Å². The molecule has 3 aromatic rings. The largest absolute Gasteiger partial charge is 0.394 e. The van der Waals surface area contributed by atoms with Crippen LogP contribution in [0.3, 0.4) is 0 Å². The Morgan fingerprint density at radius 3 is 2.76 bits per heavy atom. The lowest BCUT2D eigenvalue weighted by molar-refractivity contribution is 0.276. The molecule has 3 N–H and O–H groups in total. The Hall–Kier alpha value is -1.74. The molecule has 5 nitrogen and oxygen atoms in total. The molecule has 0 spiro atoms. The summed E-state index contributed by atoms with van der Waals surface area (Å²) in [4.78, 5) is 11.5. The fourth-order valence-corrected chi connectivity index (χ4v) is 2.68. The van der Waals surface area contributed by atoms with Gasteiger partial charge in [0.1, 0.15) is 23.6 Å². The van der Waals surface area contributed by atoms with Crippen LogP contribution in [0.2, 0.25) is 0 Å². The standard InChI is InChI=1S/C14H12FIN4O/c15-9-3-1-8(2-4-9)11(6-21)19-13-10-5-12(16)20-14(10)18-7-17-13/h1-5,7,11,21H,6H2,(H2,17,18,19,20)/t11-/m1/s1. The van der Waals surface area contributed by atoms with Gasteiger partial charge in [0.05, 0.1) is 21.7 Å². The summed E-state index contributed by atoms with van der Waals surface area (Å²) in [7, 11) is 0. The average Bonchev–Trinajstić information content (AvgIpc) is 2.87. The number of nitrogens with zero attached hydrogens (tertiary/aromatic N) is 2. The summed E-state index contributed by atoms with van der Waals surface area (Å²) in [5.41, 5.74) is 1.52. The smallest absolute Gasteiger partial charge is 0.143 e. The van der Waals surface area contributed by atoms with Crippen molar-refractivity contribution in [3.05, 3.63) is 51.7 Å². The van der Waals surface area contributed by atoms with E-state index in [1.165, 1.54) is 18.5 Å². The Kier molecular flexibility index (Phi) is 4.02. The number of benzene rings is 1.